The maximum absolute atomic E-state index is 11.5. The van der Waals surface area contributed by atoms with Crippen molar-refractivity contribution in [2.75, 3.05) is 43.9 Å². The van der Waals surface area contributed by atoms with Crippen LogP contribution in [0.3, 0.4) is 0 Å². The minimum absolute atomic E-state index is 0.0227. The summed E-state index contributed by atoms with van der Waals surface area (Å²) in [4.78, 5) is 11.5. The molecule has 0 saturated heterocycles. The number of ether oxygens (including phenoxy) is 2. The van der Waals surface area contributed by atoms with Gasteiger partial charge in [-0.1, -0.05) is 0 Å². The maximum Gasteiger partial charge on any atom is 0.250 e. The van der Waals surface area contributed by atoms with E-state index in [0.717, 1.165) is 5.69 Å². The van der Waals surface area contributed by atoms with Crippen molar-refractivity contribution >= 4 is 28.9 Å². The van der Waals surface area contributed by atoms with Gasteiger partial charge in [0.2, 0.25) is 5.91 Å². The second kappa shape index (κ2) is 8.63. The molecule has 0 aromatic heterocycles. The molecule has 1 aromatic rings. The first-order chi connectivity index (χ1) is 9.60. The Balaban J connectivity index is 2.72. The molecule has 0 fully saturated rings. The number of hydrogen-bond donors (Lipinski definition) is 3. The van der Waals surface area contributed by atoms with Crippen molar-refractivity contribution in [3.05, 3.63) is 18.2 Å². The minimum Gasteiger partial charge on any atom is -0.494 e. The average molecular weight is 303 g/mol. The van der Waals surface area contributed by atoms with E-state index in [4.69, 9.17) is 21.1 Å². The molecule has 0 aliphatic carbocycles. The first kappa shape index (κ1) is 16.6. The molecule has 0 spiro atoms. The van der Waals surface area contributed by atoms with E-state index in [9.17, 15) is 9.90 Å². The predicted molar refractivity (Wildman–Crippen MR) is 78.7 cm³/mol. The van der Waals surface area contributed by atoms with Crippen LogP contribution >= 0.6 is 11.6 Å². The fourth-order valence-corrected chi connectivity index (χ4v) is 1.62. The van der Waals surface area contributed by atoms with Crippen LogP contribution in [0.4, 0.5) is 11.4 Å². The number of aliphatic hydroxyl groups is 1. The molecule has 0 heterocycles. The van der Waals surface area contributed by atoms with Gasteiger partial charge in [-0.05, 0) is 12.1 Å². The highest BCUT2D eigenvalue weighted by Gasteiger charge is 2.09. The van der Waals surface area contributed by atoms with E-state index in [-0.39, 0.29) is 18.4 Å². The lowest BCUT2D eigenvalue weighted by atomic mass is 10.2. The van der Waals surface area contributed by atoms with Crippen LogP contribution in [0.25, 0.3) is 0 Å². The van der Waals surface area contributed by atoms with E-state index in [2.05, 4.69) is 10.6 Å². The summed E-state index contributed by atoms with van der Waals surface area (Å²) in [6.45, 7) is 0.313. The number of amides is 1. The van der Waals surface area contributed by atoms with Crippen LogP contribution in [-0.2, 0) is 9.53 Å². The molecular formula is C13H19ClN2O4. The van der Waals surface area contributed by atoms with Gasteiger partial charge in [0.15, 0.2) is 0 Å². The number of hydrogen-bond acceptors (Lipinski definition) is 5. The predicted octanol–water partition coefficient (Wildman–Crippen LogP) is 1.29. The fraction of sp³-hybridized carbons (Fsp3) is 0.462. The summed E-state index contributed by atoms with van der Waals surface area (Å²) in [5.74, 6) is 0.416. The largest absolute Gasteiger partial charge is 0.494 e. The molecule has 1 atom stereocenters. The summed E-state index contributed by atoms with van der Waals surface area (Å²) in [7, 11) is 2.96. The lowest BCUT2D eigenvalue weighted by Gasteiger charge is -2.14. The van der Waals surface area contributed by atoms with Crippen molar-refractivity contribution in [2.45, 2.75) is 6.10 Å². The number of carbonyl (C=O) groups excluding carboxylic acids is 1. The Hall–Kier alpha value is -1.50. The molecule has 0 radical (unpaired) electrons. The van der Waals surface area contributed by atoms with E-state index in [1.165, 1.54) is 14.2 Å². The first-order valence-electron chi connectivity index (χ1n) is 6.05. The number of carbonyl (C=O) groups is 1. The van der Waals surface area contributed by atoms with Crippen LogP contribution < -0.4 is 15.4 Å². The average Bonchev–Trinajstić information content (AvgIpc) is 2.45. The van der Waals surface area contributed by atoms with E-state index in [1.807, 2.05) is 0 Å². The van der Waals surface area contributed by atoms with Crippen LogP contribution in [0.1, 0.15) is 0 Å². The summed E-state index contributed by atoms with van der Waals surface area (Å²) in [6.07, 6.45) is -0.622. The van der Waals surface area contributed by atoms with Gasteiger partial charge in [-0.25, -0.2) is 0 Å². The highest BCUT2D eigenvalue weighted by atomic mass is 35.5. The SMILES string of the molecule is COCC(=O)Nc1ccc(NCC(O)CCl)cc1OC. The fourth-order valence-electron chi connectivity index (χ4n) is 1.51. The molecule has 0 aliphatic heterocycles. The Bertz CT molecular complexity index is 442. The second-order valence-corrected chi connectivity index (χ2v) is 4.39. The quantitative estimate of drug-likeness (QED) is 0.631. The van der Waals surface area contributed by atoms with Crippen molar-refractivity contribution in [2.24, 2.45) is 0 Å². The van der Waals surface area contributed by atoms with Gasteiger partial charge in [0.25, 0.3) is 0 Å². The molecule has 0 aliphatic rings. The van der Waals surface area contributed by atoms with Crippen LogP contribution in [0.2, 0.25) is 0 Å². The van der Waals surface area contributed by atoms with Crippen molar-refractivity contribution in [3.63, 3.8) is 0 Å². The van der Waals surface area contributed by atoms with Gasteiger partial charge < -0.3 is 25.2 Å². The molecule has 6 nitrogen and oxygen atoms in total. The first-order valence-corrected chi connectivity index (χ1v) is 6.59. The van der Waals surface area contributed by atoms with Gasteiger partial charge in [-0.15, -0.1) is 11.6 Å². The van der Waals surface area contributed by atoms with Gasteiger partial charge in [-0.2, -0.15) is 0 Å². The molecule has 1 amide bonds. The maximum atomic E-state index is 11.5. The van der Waals surface area contributed by atoms with Gasteiger partial charge in [0.1, 0.15) is 12.4 Å². The van der Waals surface area contributed by atoms with E-state index in [1.54, 1.807) is 18.2 Å². The number of benzene rings is 1. The summed E-state index contributed by atoms with van der Waals surface area (Å²) in [6, 6.07) is 5.21. The third-order valence-electron chi connectivity index (χ3n) is 2.47. The Morgan fingerprint density at radius 2 is 2.20 bits per heavy atom. The molecule has 0 bridgehead atoms. The van der Waals surface area contributed by atoms with Crippen molar-refractivity contribution in [1.82, 2.24) is 0 Å². The zero-order valence-electron chi connectivity index (χ0n) is 11.5. The molecular weight excluding hydrogens is 284 g/mol. The number of alkyl halides is 1. The van der Waals surface area contributed by atoms with Gasteiger partial charge in [0.05, 0.1) is 24.8 Å². The van der Waals surface area contributed by atoms with Crippen LogP contribution in [-0.4, -0.2) is 50.4 Å². The lowest BCUT2D eigenvalue weighted by Crippen LogP contribution is -2.21. The highest BCUT2D eigenvalue weighted by Crippen LogP contribution is 2.27. The number of halogens is 1. The van der Waals surface area contributed by atoms with Gasteiger partial charge in [-0.3, -0.25) is 4.79 Å². The number of nitrogens with one attached hydrogen (secondary N) is 2. The van der Waals surface area contributed by atoms with E-state index in [0.29, 0.717) is 18.0 Å². The lowest BCUT2D eigenvalue weighted by molar-refractivity contribution is -0.119. The Kier molecular flexibility index (Phi) is 7.14. The van der Waals surface area contributed by atoms with E-state index >= 15 is 0 Å². The monoisotopic (exact) mass is 302 g/mol. The molecule has 20 heavy (non-hydrogen) atoms. The summed E-state index contributed by atoms with van der Waals surface area (Å²) >= 11 is 5.51. The zero-order valence-corrected chi connectivity index (χ0v) is 12.2. The second-order valence-electron chi connectivity index (χ2n) is 4.09. The molecule has 7 heteroatoms. The highest BCUT2D eigenvalue weighted by molar-refractivity contribution is 6.18. The molecule has 1 aromatic carbocycles. The molecule has 3 N–H and O–H groups in total. The van der Waals surface area contributed by atoms with Crippen molar-refractivity contribution in [3.8, 4) is 5.75 Å². The Labute approximate surface area is 123 Å². The number of methoxy groups -OCH3 is 2. The molecule has 1 rings (SSSR count). The number of rotatable bonds is 8. The van der Waals surface area contributed by atoms with E-state index < -0.39 is 6.10 Å². The number of anilines is 2. The van der Waals surface area contributed by atoms with Crippen LogP contribution in [0, 0.1) is 0 Å². The molecule has 112 valence electrons. The van der Waals surface area contributed by atoms with Gasteiger partial charge >= 0.3 is 0 Å². The number of aliphatic hydroxyl groups excluding tert-OH is 1. The normalized spacial score (nSPS) is 11.8. The zero-order chi connectivity index (χ0) is 15.0. The summed E-state index contributed by atoms with van der Waals surface area (Å²) < 4.78 is 9.96. The topological polar surface area (TPSA) is 79.8 Å². The van der Waals surface area contributed by atoms with Gasteiger partial charge in [0, 0.05) is 25.4 Å². The standard InChI is InChI=1S/C13H19ClN2O4/c1-19-8-13(18)16-11-4-3-9(5-12(11)20-2)15-7-10(17)6-14/h3-5,10,15,17H,6-8H2,1-2H3,(H,16,18). The van der Waals surface area contributed by atoms with Crippen molar-refractivity contribution < 1.29 is 19.4 Å². The minimum atomic E-state index is -0.622. The smallest absolute Gasteiger partial charge is 0.250 e. The summed E-state index contributed by atoms with van der Waals surface area (Å²) in [5.41, 5.74) is 1.31. The van der Waals surface area contributed by atoms with Crippen molar-refractivity contribution in [1.29, 1.82) is 0 Å². The molecule has 0 saturated carbocycles. The van der Waals surface area contributed by atoms with Crippen LogP contribution in [0.5, 0.6) is 5.75 Å². The van der Waals surface area contributed by atoms with Crippen LogP contribution in [0.15, 0.2) is 18.2 Å². The Morgan fingerprint density at radius 3 is 2.80 bits per heavy atom. The molecule has 1 unspecified atom stereocenters. The third-order valence-corrected chi connectivity index (χ3v) is 2.83. The summed E-state index contributed by atoms with van der Waals surface area (Å²) in [5, 5.41) is 15.1. The third kappa shape index (κ3) is 5.24. The Morgan fingerprint density at radius 1 is 1.45 bits per heavy atom.